The maximum atomic E-state index is 12.1. The van der Waals surface area contributed by atoms with Crippen molar-refractivity contribution in [3.8, 4) is 11.5 Å². The van der Waals surface area contributed by atoms with Gasteiger partial charge >= 0.3 is 10.3 Å². The lowest BCUT2D eigenvalue weighted by molar-refractivity contribution is -0.121. The van der Waals surface area contributed by atoms with Crippen LogP contribution in [0, 0.1) is 0 Å². The number of hydrogen-bond donors (Lipinski definition) is 2. The van der Waals surface area contributed by atoms with Gasteiger partial charge in [-0.15, -0.1) is 0 Å². The lowest BCUT2D eigenvalue weighted by atomic mass is 10.1. The molecule has 182 valence electrons. The number of benzene rings is 2. The first-order valence-corrected chi connectivity index (χ1v) is 13.1. The first kappa shape index (κ1) is 26.7. The van der Waals surface area contributed by atoms with E-state index in [0.717, 1.165) is 29.9 Å². The molecule has 7 nitrogen and oxygen atoms in total. The number of amides is 1. The highest BCUT2D eigenvalue weighted by Crippen LogP contribution is 2.15. The number of nitrogens with one attached hydrogen (secondary N) is 1. The van der Waals surface area contributed by atoms with Gasteiger partial charge in [-0.1, -0.05) is 63.3 Å². The monoisotopic (exact) mass is 476 g/mol. The number of hydrogen-bond acceptors (Lipinski definition) is 5. The molecule has 0 aromatic heterocycles. The standard InChI is InChI=1S/C25H36N2O5S/c1-2-3-4-5-6-7-20-31-23-13-8-21(9-14-23)12-17-25(28)27-19-18-22-10-15-24(16-11-22)32-33(26,29)30/h8-11,13-16H,2-7,12,17-20H2,1H3,(H,27,28)(H2,26,29,30). The van der Waals surface area contributed by atoms with Gasteiger partial charge in [0.25, 0.3) is 0 Å². The second-order valence-electron chi connectivity index (χ2n) is 8.08. The lowest BCUT2D eigenvalue weighted by Crippen LogP contribution is -2.25. The summed E-state index contributed by atoms with van der Waals surface area (Å²) in [6, 6.07) is 14.5. The highest BCUT2D eigenvalue weighted by atomic mass is 32.2. The maximum Gasteiger partial charge on any atom is 0.380 e. The van der Waals surface area contributed by atoms with Crippen molar-refractivity contribution in [2.75, 3.05) is 13.2 Å². The Balaban J connectivity index is 1.59. The SMILES string of the molecule is CCCCCCCCOc1ccc(CCC(=O)NCCc2ccc(OS(N)(=O)=O)cc2)cc1. The molecule has 0 heterocycles. The Morgan fingerprint density at radius 1 is 0.848 bits per heavy atom. The third-order valence-corrected chi connectivity index (χ3v) is 5.63. The van der Waals surface area contributed by atoms with Crippen LogP contribution in [0.2, 0.25) is 0 Å². The molecule has 3 N–H and O–H groups in total. The van der Waals surface area contributed by atoms with Crippen LogP contribution in [-0.2, 0) is 27.9 Å². The number of nitrogens with two attached hydrogens (primary N) is 1. The van der Waals surface area contributed by atoms with Crippen LogP contribution >= 0.6 is 0 Å². The molecule has 0 fully saturated rings. The average molecular weight is 477 g/mol. The molecular weight excluding hydrogens is 440 g/mol. The molecule has 0 aliphatic heterocycles. The number of carbonyl (C=O) groups excluding carboxylic acids is 1. The number of carbonyl (C=O) groups is 1. The van der Waals surface area contributed by atoms with Crippen molar-refractivity contribution in [2.24, 2.45) is 5.14 Å². The van der Waals surface area contributed by atoms with Gasteiger partial charge < -0.3 is 14.2 Å². The highest BCUT2D eigenvalue weighted by molar-refractivity contribution is 7.84. The van der Waals surface area contributed by atoms with Crippen LogP contribution in [0.25, 0.3) is 0 Å². The molecule has 0 atom stereocenters. The molecule has 0 bridgehead atoms. The Bertz CT molecular complexity index is 928. The van der Waals surface area contributed by atoms with E-state index in [4.69, 9.17) is 9.88 Å². The topological polar surface area (TPSA) is 108 Å². The smallest absolute Gasteiger partial charge is 0.380 e. The van der Waals surface area contributed by atoms with Gasteiger partial charge in [-0.2, -0.15) is 13.6 Å². The molecule has 0 radical (unpaired) electrons. The second kappa shape index (κ2) is 14.5. The van der Waals surface area contributed by atoms with E-state index in [9.17, 15) is 13.2 Å². The summed E-state index contributed by atoms with van der Waals surface area (Å²) in [5.41, 5.74) is 2.05. The molecule has 0 aliphatic carbocycles. The summed E-state index contributed by atoms with van der Waals surface area (Å²) in [6.45, 7) is 3.47. The minimum Gasteiger partial charge on any atom is -0.494 e. The van der Waals surface area contributed by atoms with E-state index in [1.807, 2.05) is 24.3 Å². The summed E-state index contributed by atoms with van der Waals surface area (Å²) in [5, 5.41) is 7.74. The normalized spacial score (nSPS) is 11.2. The fourth-order valence-corrected chi connectivity index (χ4v) is 3.74. The van der Waals surface area contributed by atoms with E-state index >= 15 is 0 Å². The summed E-state index contributed by atoms with van der Waals surface area (Å²) in [4.78, 5) is 12.1. The van der Waals surface area contributed by atoms with Crippen molar-refractivity contribution in [3.05, 3.63) is 59.7 Å². The summed E-state index contributed by atoms with van der Waals surface area (Å²) < 4.78 is 32.2. The molecule has 33 heavy (non-hydrogen) atoms. The van der Waals surface area contributed by atoms with E-state index in [-0.39, 0.29) is 11.7 Å². The molecule has 2 rings (SSSR count). The minimum atomic E-state index is -4.02. The van der Waals surface area contributed by atoms with Crippen molar-refractivity contribution in [3.63, 3.8) is 0 Å². The number of unbranched alkanes of at least 4 members (excludes halogenated alkanes) is 5. The van der Waals surface area contributed by atoms with Gasteiger partial charge in [0.15, 0.2) is 0 Å². The van der Waals surface area contributed by atoms with E-state index in [0.29, 0.717) is 25.8 Å². The van der Waals surface area contributed by atoms with Crippen molar-refractivity contribution in [1.82, 2.24) is 5.32 Å². The van der Waals surface area contributed by atoms with Gasteiger partial charge in [-0.3, -0.25) is 4.79 Å². The Labute approximate surface area is 197 Å². The lowest BCUT2D eigenvalue weighted by Gasteiger charge is -2.08. The van der Waals surface area contributed by atoms with Gasteiger partial charge in [0, 0.05) is 13.0 Å². The zero-order valence-electron chi connectivity index (χ0n) is 19.4. The second-order valence-corrected chi connectivity index (χ2v) is 9.23. The Hall–Kier alpha value is -2.58. The quantitative estimate of drug-likeness (QED) is 0.351. The zero-order valence-corrected chi connectivity index (χ0v) is 20.2. The van der Waals surface area contributed by atoms with E-state index in [2.05, 4.69) is 16.4 Å². The summed E-state index contributed by atoms with van der Waals surface area (Å²) >= 11 is 0. The molecular formula is C25H36N2O5S. The van der Waals surface area contributed by atoms with Crippen LogP contribution in [-0.4, -0.2) is 27.5 Å². The molecule has 0 spiro atoms. The minimum absolute atomic E-state index is 0.00687. The van der Waals surface area contributed by atoms with Crippen LogP contribution < -0.4 is 19.4 Å². The first-order valence-electron chi connectivity index (χ1n) is 11.7. The molecule has 2 aromatic rings. The number of aryl methyl sites for hydroxylation is 1. The Kier molecular flexibility index (Phi) is 11.8. The van der Waals surface area contributed by atoms with Crippen LogP contribution in [0.3, 0.4) is 0 Å². The van der Waals surface area contributed by atoms with Gasteiger partial charge in [0.2, 0.25) is 5.91 Å². The average Bonchev–Trinajstić information content (AvgIpc) is 2.78. The van der Waals surface area contributed by atoms with Crippen LogP contribution in [0.15, 0.2) is 48.5 Å². The molecule has 0 saturated carbocycles. The number of rotatable bonds is 16. The van der Waals surface area contributed by atoms with Gasteiger partial charge in [0.1, 0.15) is 11.5 Å². The van der Waals surface area contributed by atoms with Gasteiger partial charge in [-0.25, -0.2) is 0 Å². The summed E-state index contributed by atoms with van der Waals surface area (Å²) in [7, 11) is -4.02. The fraction of sp³-hybridized carbons (Fsp3) is 0.480. The maximum absolute atomic E-state index is 12.1. The summed E-state index contributed by atoms with van der Waals surface area (Å²) in [5.74, 6) is 1.02. The van der Waals surface area contributed by atoms with Crippen molar-refractivity contribution in [1.29, 1.82) is 0 Å². The molecule has 8 heteroatoms. The van der Waals surface area contributed by atoms with Crippen molar-refractivity contribution < 1.29 is 22.1 Å². The first-order chi connectivity index (χ1) is 15.9. The van der Waals surface area contributed by atoms with Crippen molar-refractivity contribution in [2.45, 2.75) is 64.7 Å². The van der Waals surface area contributed by atoms with Gasteiger partial charge in [0.05, 0.1) is 6.61 Å². The molecule has 0 aliphatic rings. The molecule has 1 amide bonds. The van der Waals surface area contributed by atoms with Crippen LogP contribution in [0.4, 0.5) is 0 Å². The predicted molar refractivity (Wildman–Crippen MR) is 131 cm³/mol. The molecule has 0 saturated heterocycles. The largest absolute Gasteiger partial charge is 0.494 e. The van der Waals surface area contributed by atoms with E-state index in [1.165, 1.54) is 44.2 Å². The summed E-state index contributed by atoms with van der Waals surface area (Å²) in [6.07, 6.45) is 9.18. The van der Waals surface area contributed by atoms with Gasteiger partial charge in [-0.05, 0) is 54.7 Å². The zero-order chi connectivity index (χ0) is 23.9. The third kappa shape index (κ3) is 12.3. The van der Waals surface area contributed by atoms with E-state index in [1.54, 1.807) is 12.1 Å². The highest BCUT2D eigenvalue weighted by Gasteiger charge is 2.06. The fourth-order valence-electron chi connectivity index (χ4n) is 3.36. The Morgan fingerprint density at radius 2 is 1.42 bits per heavy atom. The van der Waals surface area contributed by atoms with E-state index < -0.39 is 10.3 Å². The molecule has 2 aromatic carbocycles. The van der Waals surface area contributed by atoms with Crippen LogP contribution in [0.1, 0.15) is 63.0 Å². The third-order valence-electron chi connectivity index (χ3n) is 5.20. The van der Waals surface area contributed by atoms with Crippen LogP contribution in [0.5, 0.6) is 11.5 Å². The number of ether oxygens (including phenoxy) is 1. The van der Waals surface area contributed by atoms with Crippen molar-refractivity contribution >= 4 is 16.2 Å². The Morgan fingerprint density at radius 3 is 2.06 bits per heavy atom. The molecule has 0 unspecified atom stereocenters. The predicted octanol–water partition coefficient (Wildman–Crippen LogP) is 4.30.